The summed E-state index contributed by atoms with van der Waals surface area (Å²) in [5, 5.41) is 2.96. The molecule has 0 unspecified atom stereocenters. The molecule has 1 aromatic carbocycles. The molecular weight excluding hydrogens is 414 g/mol. The monoisotopic (exact) mass is 431 g/mol. The highest BCUT2D eigenvalue weighted by atomic mass is 32.2. The molecule has 0 aliphatic carbocycles. The zero-order valence-electron chi connectivity index (χ0n) is 14.9. The van der Waals surface area contributed by atoms with Gasteiger partial charge in [0.2, 0.25) is 5.91 Å². The predicted molar refractivity (Wildman–Crippen MR) is 112 cm³/mol. The van der Waals surface area contributed by atoms with E-state index >= 15 is 0 Å². The summed E-state index contributed by atoms with van der Waals surface area (Å²) in [5.41, 5.74) is 11.6. The Morgan fingerprint density at radius 3 is 2.34 bits per heavy atom. The van der Waals surface area contributed by atoms with Crippen molar-refractivity contribution in [2.45, 2.75) is 10.1 Å². The largest absolute Gasteiger partial charge is 0.383 e. The fourth-order valence-electron chi connectivity index (χ4n) is 2.19. The van der Waals surface area contributed by atoms with Crippen molar-refractivity contribution in [3.05, 3.63) is 54.7 Å². The van der Waals surface area contributed by atoms with Crippen LogP contribution in [-0.2, 0) is 14.8 Å². The van der Waals surface area contributed by atoms with E-state index in [9.17, 15) is 13.2 Å². The number of benzene rings is 1. The summed E-state index contributed by atoms with van der Waals surface area (Å²) >= 11 is 1.08. The number of carbonyl (C=O) groups excluding carboxylic acids is 1. The van der Waals surface area contributed by atoms with Gasteiger partial charge in [-0.15, -0.1) is 0 Å². The second-order valence-electron chi connectivity index (χ2n) is 5.68. The zero-order chi connectivity index (χ0) is 20.9. The highest BCUT2D eigenvalue weighted by molar-refractivity contribution is 7.99. The molecule has 0 radical (unpaired) electrons. The number of thioether (sulfide) groups is 1. The van der Waals surface area contributed by atoms with E-state index in [1.54, 1.807) is 18.2 Å². The molecule has 12 heteroatoms. The second kappa shape index (κ2) is 8.75. The number of hydrogen-bond acceptors (Lipinski definition) is 9. The van der Waals surface area contributed by atoms with E-state index in [-0.39, 0.29) is 34.0 Å². The molecule has 0 bridgehead atoms. The third-order valence-electron chi connectivity index (χ3n) is 3.43. The van der Waals surface area contributed by atoms with Gasteiger partial charge in [-0.2, -0.15) is 0 Å². The lowest BCUT2D eigenvalue weighted by Crippen LogP contribution is -2.16. The molecule has 0 saturated carbocycles. The number of nitrogens with two attached hydrogens (primary N) is 2. The number of amides is 1. The summed E-state index contributed by atoms with van der Waals surface area (Å²) < 4.78 is 27.1. The van der Waals surface area contributed by atoms with Crippen LogP contribution in [0.2, 0.25) is 0 Å². The SMILES string of the molecule is Nc1cc(N)nc(SCC(=O)Nc2ccc(S(=O)(=O)Nc3ccccn3)cc2)n1. The molecule has 10 nitrogen and oxygen atoms in total. The Labute approximate surface area is 171 Å². The Bertz CT molecular complexity index is 1090. The van der Waals surface area contributed by atoms with Gasteiger partial charge in [0.25, 0.3) is 10.0 Å². The summed E-state index contributed by atoms with van der Waals surface area (Å²) in [4.78, 5) is 24.0. The number of sulfonamides is 1. The summed E-state index contributed by atoms with van der Waals surface area (Å²) in [6, 6.07) is 12.1. The highest BCUT2D eigenvalue weighted by Gasteiger charge is 2.15. The first-order valence-corrected chi connectivity index (χ1v) is 10.7. The smallest absolute Gasteiger partial charge is 0.263 e. The maximum Gasteiger partial charge on any atom is 0.263 e. The maximum absolute atomic E-state index is 12.4. The second-order valence-corrected chi connectivity index (χ2v) is 8.31. The van der Waals surface area contributed by atoms with Crippen molar-refractivity contribution < 1.29 is 13.2 Å². The van der Waals surface area contributed by atoms with Crippen LogP contribution in [0.1, 0.15) is 0 Å². The number of nitrogens with one attached hydrogen (secondary N) is 2. The number of hydrogen-bond donors (Lipinski definition) is 4. The van der Waals surface area contributed by atoms with Gasteiger partial charge in [0.05, 0.1) is 10.6 Å². The van der Waals surface area contributed by atoms with Crippen molar-refractivity contribution in [1.82, 2.24) is 15.0 Å². The van der Waals surface area contributed by atoms with Crippen LogP contribution >= 0.6 is 11.8 Å². The topological polar surface area (TPSA) is 166 Å². The Morgan fingerprint density at radius 1 is 1.03 bits per heavy atom. The Kier molecular flexibility index (Phi) is 6.14. The van der Waals surface area contributed by atoms with Crippen molar-refractivity contribution in [1.29, 1.82) is 0 Å². The van der Waals surface area contributed by atoms with E-state index in [0.29, 0.717) is 10.8 Å². The first-order chi connectivity index (χ1) is 13.8. The minimum Gasteiger partial charge on any atom is -0.383 e. The molecule has 0 saturated heterocycles. The molecule has 3 aromatic rings. The van der Waals surface area contributed by atoms with Gasteiger partial charge in [-0.05, 0) is 36.4 Å². The third-order valence-corrected chi connectivity index (χ3v) is 5.65. The summed E-state index contributed by atoms with van der Waals surface area (Å²) in [7, 11) is -3.78. The van der Waals surface area contributed by atoms with Crippen molar-refractivity contribution in [2.75, 3.05) is 27.3 Å². The van der Waals surface area contributed by atoms with E-state index < -0.39 is 10.0 Å². The number of aromatic nitrogens is 3. The molecule has 1 amide bonds. The molecule has 2 aromatic heterocycles. The van der Waals surface area contributed by atoms with Crippen molar-refractivity contribution >= 4 is 50.8 Å². The number of anilines is 4. The van der Waals surface area contributed by atoms with Gasteiger partial charge in [0, 0.05) is 18.0 Å². The summed E-state index contributed by atoms with van der Waals surface area (Å²) in [6.07, 6.45) is 1.48. The lowest BCUT2D eigenvalue weighted by Gasteiger charge is -2.09. The minimum atomic E-state index is -3.78. The van der Waals surface area contributed by atoms with Gasteiger partial charge in [-0.3, -0.25) is 9.52 Å². The van der Waals surface area contributed by atoms with E-state index in [1.165, 1.54) is 36.5 Å². The van der Waals surface area contributed by atoms with Crippen LogP contribution in [0.5, 0.6) is 0 Å². The van der Waals surface area contributed by atoms with Crippen LogP contribution in [0.3, 0.4) is 0 Å². The normalized spacial score (nSPS) is 11.0. The summed E-state index contributed by atoms with van der Waals surface area (Å²) in [5.74, 6) is 0.366. The lowest BCUT2D eigenvalue weighted by molar-refractivity contribution is -0.113. The maximum atomic E-state index is 12.4. The number of carbonyl (C=O) groups is 1. The molecule has 3 rings (SSSR count). The number of nitrogens with zero attached hydrogens (tertiary/aromatic N) is 3. The van der Waals surface area contributed by atoms with Gasteiger partial charge in [0.1, 0.15) is 17.5 Å². The van der Waals surface area contributed by atoms with Gasteiger partial charge in [-0.1, -0.05) is 17.8 Å². The molecule has 29 heavy (non-hydrogen) atoms. The van der Waals surface area contributed by atoms with Crippen LogP contribution in [-0.4, -0.2) is 35.0 Å². The summed E-state index contributed by atoms with van der Waals surface area (Å²) in [6.45, 7) is 0. The average Bonchev–Trinajstić information content (AvgIpc) is 2.66. The average molecular weight is 432 g/mol. The first kappa shape index (κ1) is 20.4. The fourth-order valence-corrected chi connectivity index (χ4v) is 3.87. The van der Waals surface area contributed by atoms with E-state index in [0.717, 1.165) is 11.8 Å². The lowest BCUT2D eigenvalue weighted by atomic mass is 10.3. The molecule has 0 atom stereocenters. The number of nitrogen functional groups attached to an aromatic ring is 2. The van der Waals surface area contributed by atoms with Crippen LogP contribution < -0.4 is 21.5 Å². The Morgan fingerprint density at radius 2 is 1.72 bits per heavy atom. The molecule has 0 spiro atoms. The van der Waals surface area contributed by atoms with Gasteiger partial charge in [0.15, 0.2) is 5.16 Å². The van der Waals surface area contributed by atoms with E-state index in [2.05, 4.69) is 25.0 Å². The van der Waals surface area contributed by atoms with E-state index in [4.69, 9.17) is 11.5 Å². The Balaban J connectivity index is 1.59. The van der Waals surface area contributed by atoms with E-state index in [1.807, 2.05) is 0 Å². The van der Waals surface area contributed by atoms with Gasteiger partial charge >= 0.3 is 0 Å². The number of pyridine rings is 1. The van der Waals surface area contributed by atoms with Crippen LogP contribution in [0, 0.1) is 0 Å². The Hall–Kier alpha value is -3.38. The molecule has 0 aliphatic heterocycles. The van der Waals surface area contributed by atoms with Crippen LogP contribution in [0.15, 0.2) is 64.8 Å². The van der Waals surface area contributed by atoms with Crippen molar-refractivity contribution in [3.8, 4) is 0 Å². The minimum absolute atomic E-state index is 0.0319. The van der Waals surface area contributed by atoms with Crippen LogP contribution in [0.25, 0.3) is 0 Å². The van der Waals surface area contributed by atoms with Crippen LogP contribution in [0.4, 0.5) is 23.1 Å². The van der Waals surface area contributed by atoms with Gasteiger partial charge < -0.3 is 16.8 Å². The molecule has 6 N–H and O–H groups in total. The van der Waals surface area contributed by atoms with Crippen molar-refractivity contribution in [2.24, 2.45) is 0 Å². The third kappa shape index (κ3) is 5.80. The standard InChI is InChI=1S/C17H17N7O3S2/c18-13-9-14(19)23-17(22-13)28-10-16(25)21-11-4-6-12(7-5-11)29(26,27)24-15-3-1-2-8-20-15/h1-9H,10H2,(H,20,24)(H,21,25)(H4,18,19,22,23). The highest BCUT2D eigenvalue weighted by Crippen LogP contribution is 2.19. The molecule has 2 heterocycles. The molecule has 150 valence electrons. The quantitative estimate of drug-likeness (QED) is 0.321. The molecule has 0 aliphatic rings. The molecule has 0 fully saturated rings. The number of rotatable bonds is 7. The zero-order valence-corrected chi connectivity index (χ0v) is 16.6. The fraction of sp³-hybridized carbons (Fsp3) is 0.0588. The molecular formula is C17H17N7O3S2. The predicted octanol–water partition coefficient (Wildman–Crippen LogP) is 1.57. The first-order valence-electron chi connectivity index (χ1n) is 8.18. The van der Waals surface area contributed by atoms with Crippen molar-refractivity contribution in [3.63, 3.8) is 0 Å². The van der Waals surface area contributed by atoms with Gasteiger partial charge in [-0.25, -0.2) is 23.4 Å².